The highest BCUT2D eigenvalue weighted by Gasteiger charge is 2.48. The van der Waals surface area contributed by atoms with Crippen LogP contribution in [0, 0.1) is 19.7 Å². The number of rotatable bonds is 6. The molecule has 0 radical (unpaired) electrons. The Kier molecular flexibility index (Phi) is 6.57. The molecule has 178 valence electrons. The van der Waals surface area contributed by atoms with Crippen LogP contribution < -0.4 is 4.90 Å². The van der Waals surface area contributed by atoms with Gasteiger partial charge < -0.3 is 9.84 Å². The normalized spacial score (nSPS) is 17.0. The smallest absolute Gasteiger partial charge is 0.350 e. The number of Topliss-reactive ketones (excluding diaryl/α,β-unsaturated/α-hetero) is 1. The van der Waals surface area contributed by atoms with E-state index >= 15 is 0 Å². The molecule has 2 aromatic heterocycles. The first kappa shape index (κ1) is 24.0. The molecule has 8 nitrogen and oxygen atoms in total. The molecule has 3 heterocycles. The minimum absolute atomic E-state index is 0.00118. The molecule has 3 aromatic rings. The van der Waals surface area contributed by atoms with Crippen LogP contribution in [0.3, 0.4) is 0 Å². The molecular formula is C25H20FN3O5S. The van der Waals surface area contributed by atoms with Crippen LogP contribution in [0.5, 0.6) is 0 Å². The maximum absolute atomic E-state index is 14.2. The van der Waals surface area contributed by atoms with Crippen LogP contribution in [-0.2, 0) is 14.3 Å². The third-order valence-corrected chi connectivity index (χ3v) is 6.54. The number of aryl methyl sites for hydroxylation is 2. The number of nitrogens with zero attached hydrogens (tertiary/aromatic N) is 3. The van der Waals surface area contributed by atoms with Crippen molar-refractivity contribution in [2.75, 3.05) is 11.5 Å². The Labute approximate surface area is 204 Å². The van der Waals surface area contributed by atoms with Crippen LogP contribution in [0.4, 0.5) is 9.52 Å². The second-order valence-electron chi connectivity index (χ2n) is 7.72. The van der Waals surface area contributed by atoms with Crippen LogP contribution in [0.25, 0.3) is 5.76 Å². The van der Waals surface area contributed by atoms with Crippen molar-refractivity contribution < 1.29 is 28.6 Å². The topological polar surface area (TPSA) is 110 Å². The third-order valence-electron chi connectivity index (χ3n) is 5.40. The fourth-order valence-electron chi connectivity index (χ4n) is 3.65. The van der Waals surface area contributed by atoms with Crippen molar-refractivity contribution in [2.24, 2.45) is 0 Å². The molecule has 1 unspecified atom stereocenters. The van der Waals surface area contributed by atoms with E-state index in [0.717, 1.165) is 22.3 Å². The number of aromatic nitrogens is 2. The van der Waals surface area contributed by atoms with Crippen molar-refractivity contribution in [1.29, 1.82) is 0 Å². The van der Waals surface area contributed by atoms with Gasteiger partial charge in [0, 0.05) is 18.0 Å². The molecule has 1 aliphatic rings. The Morgan fingerprint density at radius 3 is 2.74 bits per heavy atom. The van der Waals surface area contributed by atoms with Crippen molar-refractivity contribution in [3.63, 3.8) is 0 Å². The van der Waals surface area contributed by atoms with Gasteiger partial charge in [0.05, 0.1) is 17.3 Å². The molecule has 4 rings (SSSR count). The van der Waals surface area contributed by atoms with Crippen molar-refractivity contribution in [3.05, 3.63) is 94.0 Å². The SMILES string of the molecule is C=CCOC(=O)c1sc(N2C(=O)C(=O)C(=C(O)c3ccc(C)c(F)c3)C2c2cccnc2)nc1C. The zero-order chi connectivity index (χ0) is 25.3. The van der Waals surface area contributed by atoms with Gasteiger partial charge in [-0.1, -0.05) is 42.2 Å². The summed E-state index contributed by atoms with van der Waals surface area (Å²) in [5.41, 5.74) is 0.898. The summed E-state index contributed by atoms with van der Waals surface area (Å²) >= 11 is 0.882. The van der Waals surface area contributed by atoms with Gasteiger partial charge in [-0.2, -0.15) is 0 Å². The molecule has 0 saturated carbocycles. The van der Waals surface area contributed by atoms with Gasteiger partial charge in [-0.25, -0.2) is 14.2 Å². The summed E-state index contributed by atoms with van der Waals surface area (Å²) in [7, 11) is 0. The van der Waals surface area contributed by atoms with Crippen LogP contribution in [0.1, 0.15) is 38.1 Å². The van der Waals surface area contributed by atoms with Crippen molar-refractivity contribution in [3.8, 4) is 0 Å². The molecule has 0 bridgehead atoms. The lowest BCUT2D eigenvalue weighted by Gasteiger charge is -2.22. The Morgan fingerprint density at radius 1 is 1.31 bits per heavy atom. The molecule has 1 aromatic carbocycles. The summed E-state index contributed by atoms with van der Waals surface area (Å²) in [4.78, 5) is 48.4. The van der Waals surface area contributed by atoms with Gasteiger partial charge in [0.2, 0.25) is 0 Å². The molecule has 1 N–H and O–H groups in total. The van der Waals surface area contributed by atoms with E-state index in [-0.39, 0.29) is 27.8 Å². The Morgan fingerprint density at radius 2 is 2.09 bits per heavy atom. The Hall–Kier alpha value is -4.18. The van der Waals surface area contributed by atoms with Gasteiger partial charge in [0.15, 0.2) is 5.13 Å². The van der Waals surface area contributed by atoms with E-state index in [4.69, 9.17) is 4.74 Å². The van der Waals surface area contributed by atoms with Gasteiger partial charge in [-0.15, -0.1) is 0 Å². The largest absolute Gasteiger partial charge is 0.507 e. The number of anilines is 1. The van der Waals surface area contributed by atoms with Crippen LogP contribution in [0.15, 0.2) is 61.0 Å². The monoisotopic (exact) mass is 493 g/mol. The number of amides is 1. The molecule has 1 saturated heterocycles. The first-order valence-electron chi connectivity index (χ1n) is 10.5. The minimum Gasteiger partial charge on any atom is -0.507 e. The first-order chi connectivity index (χ1) is 16.7. The Balaban J connectivity index is 1.88. The molecule has 1 fully saturated rings. The number of pyridine rings is 1. The fraction of sp³-hybridized carbons (Fsp3) is 0.160. The number of carbonyl (C=O) groups excluding carboxylic acids is 3. The lowest BCUT2D eigenvalue weighted by molar-refractivity contribution is -0.132. The average molecular weight is 494 g/mol. The summed E-state index contributed by atoms with van der Waals surface area (Å²) in [6.07, 6.45) is 4.39. The molecule has 1 atom stereocenters. The van der Waals surface area contributed by atoms with Gasteiger partial charge >= 0.3 is 11.9 Å². The fourth-order valence-corrected chi connectivity index (χ4v) is 4.64. The van der Waals surface area contributed by atoms with E-state index in [1.54, 1.807) is 26.0 Å². The lowest BCUT2D eigenvalue weighted by Crippen LogP contribution is -2.29. The molecule has 10 heteroatoms. The number of aliphatic hydroxyl groups excluding tert-OH is 1. The summed E-state index contributed by atoms with van der Waals surface area (Å²) in [6.45, 7) is 6.64. The van der Waals surface area contributed by atoms with Crippen molar-refractivity contribution in [2.45, 2.75) is 19.9 Å². The molecular weight excluding hydrogens is 473 g/mol. The van der Waals surface area contributed by atoms with E-state index in [1.165, 1.54) is 30.6 Å². The predicted octanol–water partition coefficient (Wildman–Crippen LogP) is 4.26. The van der Waals surface area contributed by atoms with E-state index < -0.39 is 35.3 Å². The maximum Gasteiger partial charge on any atom is 0.350 e. The molecule has 0 spiro atoms. The number of hydrogen-bond acceptors (Lipinski definition) is 8. The van der Waals surface area contributed by atoms with Gasteiger partial charge in [0.1, 0.15) is 23.1 Å². The van der Waals surface area contributed by atoms with Gasteiger partial charge in [0.25, 0.3) is 5.78 Å². The second kappa shape index (κ2) is 9.59. The quantitative estimate of drug-likeness (QED) is 0.180. The van der Waals surface area contributed by atoms with Crippen LogP contribution >= 0.6 is 11.3 Å². The first-order valence-corrected chi connectivity index (χ1v) is 11.3. The minimum atomic E-state index is -1.10. The zero-order valence-electron chi connectivity index (χ0n) is 18.8. The number of esters is 1. The standard InChI is InChI=1S/C25H20FN3O5S/c1-4-10-34-24(33)22-14(3)28-25(35-22)29-19(16-6-5-9-27-12-16)18(21(31)23(29)32)20(30)15-8-7-13(2)17(26)11-15/h4-9,11-12,19,30H,1,10H2,2-3H3. The van der Waals surface area contributed by atoms with Crippen LogP contribution in [0.2, 0.25) is 0 Å². The summed E-state index contributed by atoms with van der Waals surface area (Å²) < 4.78 is 19.3. The Bertz CT molecular complexity index is 1380. The van der Waals surface area contributed by atoms with Gasteiger partial charge in [-0.05, 0) is 37.1 Å². The number of benzene rings is 1. The summed E-state index contributed by atoms with van der Waals surface area (Å²) in [5.74, 6) is -3.67. The highest BCUT2D eigenvalue weighted by molar-refractivity contribution is 7.17. The number of ether oxygens (including phenoxy) is 1. The molecule has 35 heavy (non-hydrogen) atoms. The molecule has 1 aliphatic heterocycles. The van der Waals surface area contributed by atoms with E-state index in [0.29, 0.717) is 16.8 Å². The second-order valence-corrected chi connectivity index (χ2v) is 8.70. The van der Waals surface area contributed by atoms with Crippen molar-refractivity contribution in [1.82, 2.24) is 9.97 Å². The zero-order valence-corrected chi connectivity index (χ0v) is 19.6. The lowest BCUT2D eigenvalue weighted by atomic mass is 9.96. The molecule has 0 aliphatic carbocycles. The highest BCUT2D eigenvalue weighted by Crippen LogP contribution is 2.43. The highest BCUT2D eigenvalue weighted by atomic mass is 32.1. The van der Waals surface area contributed by atoms with E-state index in [2.05, 4.69) is 16.5 Å². The number of aliphatic hydroxyl groups is 1. The summed E-state index contributed by atoms with van der Waals surface area (Å²) in [6, 6.07) is 6.18. The number of ketones is 1. The maximum atomic E-state index is 14.2. The van der Waals surface area contributed by atoms with Crippen LogP contribution in [-0.4, -0.2) is 39.3 Å². The average Bonchev–Trinajstić information content (AvgIpc) is 3.36. The number of carbonyl (C=O) groups is 3. The van der Waals surface area contributed by atoms with Gasteiger partial charge in [-0.3, -0.25) is 19.5 Å². The number of hydrogen-bond donors (Lipinski definition) is 1. The van der Waals surface area contributed by atoms with E-state index in [1.807, 2.05) is 0 Å². The van der Waals surface area contributed by atoms with E-state index in [9.17, 15) is 23.9 Å². The predicted molar refractivity (Wildman–Crippen MR) is 127 cm³/mol. The molecule has 1 amide bonds. The summed E-state index contributed by atoms with van der Waals surface area (Å²) in [5, 5.41) is 11.1. The number of halogens is 1. The number of thiazole rings is 1. The third kappa shape index (κ3) is 4.35. The van der Waals surface area contributed by atoms with Crippen molar-refractivity contribution >= 4 is 39.9 Å².